The lowest BCUT2D eigenvalue weighted by Crippen LogP contribution is -2.13. The number of ether oxygens (including phenoxy) is 1. The number of benzene rings is 2. The number of hydrogen-bond acceptors (Lipinski definition) is 7. The standard InChI is InChI=1S/C23H23BrN4O2.C7H8O3S/c1-14(2)30-21(29)10-8-19-23-26-13-15(3)28(23)20-9-7-16(24)12-17(20)22(27-19)18-6-4-5-11-25-18;1-6-2-4-7(5-3-6)11(8,9)10/h4-7,9,11-14,19H,8,10H2,1-3H3;2-5H,1H3,(H,8,9,10)/t19-;/m0./s1. The quantitative estimate of drug-likeness (QED) is 0.197. The molecule has 214 valence electrons. The van der Waals surface area contributed by atoms with Crippen molar-refractivity contribution in [1.82, 2.24) is 14.5 Å². The number of pyridine rings is 1. The number of carbonyl (C=O) groups is 1. The van der Waals surface area contributed by atoms with Crippen LogP contribution in [0.3, 0.4) is 0 Å². The largest absolute Gasteiger partial charge is 0.463 e. The van der Waals surface area contributed by atoms with Gasteiger partial charge in [-0.15, -0.1) is 0 Å². The minimum absolute atomic E-state index is 0.0666. The van der Waals surface area contributed by atoms with Gasteiger partial charge in [0.15, 0.2) is 0 Å². The Labute approximate surface area is 248 Å². The summed E-state index contributed by atoms with van der Waals surface area (Å²) in [5, 5.41) is 0. The van der Waals surface area contributed by atoms with Gasteiger partial charge in [-0.2, -0.15) is 8.42 Å². The number of aromatic nitrogens is 3. The van der Waals surface area contributed by atoms with Crippen LogP contribution in [0.2, 0.25) is 0 Å². The van der Waals surface area contributed by atoms with Crippen molar-refractivity contribution >= 4 is 37.7 Å². The number of fused-ring (bicyclic) bond motifs is 3. The fraction of sp³-hybridized carbons (Fsp3) is 0.267. The van der Waals surface area contributed by atoms with Crippen LogP contribution in [-0.4, -0.2) is 45.3 Å². The van der Waals surface area contributed by atoms with E-state index in [1.165, 1.54) is 12.1 Å². The third kappa shape index (κ3) is 7.55. The molecular weight excluding hydrogens is 608 g/mol. The zero-order valence-corrected chi connectivity index (χ0v) is 25.6. The lowest BCUT2D eigenvalue weighted by Gasteiger charge is -2.14. The third-order valence-corrected chi connectivity index (χ3v) is 7.58. The third-order valence-electron chi connectivity index (χ3n) is 6.22. The Morgan fingerprint density at radius 2 is 1.80 bits per heavy atom. The van der Waals surface area contributed by atoms with Gasteiger partial charge in [-0.3, -0.25) is 23.9 Å². The molecule has 0 saturated heterocycles. The van der Waals surface area contributed by atoms with Crippen molar-refractivity contribution in [1.29, 1.82) is 0 Å². The Morgan fingerprint density at radius 1 is 1.07 bits per heavy atom. The summed E-state index contributed by atoms with van der Waals surface area (Å²) in [6.45, 7) is 7.57. The summed E-state index contributed by atoms with van der Waals surface area (Å²) in [4.78, 5) is 26.4. The fourth-order valence-corrected chi connectivity index (χ4v) is 5.21. The zero-order chi connectivity index (χ0) is 29.7. The average Bonchev–Trinajstić information content (AvgIpc) is 3.23. The van der Waals surface area contributed by atoms with Crippen LogP contribution in [0.15, 0.2) is 87.4 Å². The Hall–Kier alpha value is -3.67. The van der Waals surface area contributed by atoms with Crippen molar-refractivity contribution < 1.29 is 22.5 Å². The topological polar surface area (TPSA) is 124 Å². The van der Waals surface area contributed by atoms with Crippen molar-refractivity contribution in [2.75, 3.05) is 0 Å². The first kappa shape index (κ1) is 30.3. The van der Waals surface area contributed by atoms with E-state index < -0.39 is 10.1 Å². The van der Waals surface area contributed by atoms with Gasteiger partial charge < -0.3 is 4.74 Å². The van der Waals surface area contributed by atoms with Crippen molar-refractivity contribution in [3.05, 3.63) is 106 Å². The summed E-state index contributed by atoms with van der Waals surface area (Å²) in [6, 6.07) is 17.6. The predicted molar refractivity (Wildman–Crippen MR) is 160 cm³/mol. The number of rotatable bonds is 6. The molecule has 0 fully saturated rings. The second-order valence-corrected chi connectivity index (χ2v) is 12.2. The normalized spacial score (nSPS) is 14.2. The van der Waals surface area contributed by atoms with Crippen molar-refractivity contribution in [2.24, 2.45) is 4.99 Å². The maximum atomic E-state index is 12.2. The first-order valence-electron chi connectivity index (χ1n) is 13.0. The Balaban J connectivity index is 0.000000296. The fourth-order valence-electron chi connectivity index (χ4n) is 4.37. The second-order valence-electron chi connectivity index (χ2n) is 9.83. The van der Waals surface area contributed by atoms with Crippen LogP contribution in [0.25, 0.3) is 5.69 Å². The van der Waals surface area contributed by atoms with Crippen molar-refractivity contribution in [3.8, 4) is 5.69 Å². The first-order chi connectivity index (χ1) is 19.4. The maximum absolute atomic E-state index is 12.2. The van der Waals surface area contributed by atoms with Gasteiger partial charge in [-0.05, 0) is 76.6 Å². The number of imidazole rings is 1. The first-order valence-corrected chi connectivity index (χ1v) is 15.2. The minimum atomic E-state index is -4.02. The van der Waals surface area contributed by atoms with Gasteiger partial charge >= 0.3 is 5.97 Å². The van der Waals surface area contributed by atoms with E-state index in [0.29, 0.717) is 6.42 Å². The molecule has 9 nitrogen and oxygen atoms in total. The molecule has 1 atom stereocenters. The summed E-state index contributed by atoms with van der Waals surface area (Å²) < 4.78 is 38.0. The van der Waals surface area contributed by atoms with E-state index in [2.05, 4.69) is 42.6 Å². The van der Waals surface area contributed by atoms with Crippen LogP contribution in [0.1, 0.15) is 61.1 Å². The number of carbonyl (C=O) groups excluding carboxylic acids is 1. The van der Waals surface area contributed by atoms with E-state index in [-0.39, 0.29) is 29.4 Å². The zero-order valence-electron chi connectivity index (χ0n) is 23.2. The minimum Gasteiger partial charge on any atom is -0.463 e. The van der Waals surface area contributed by atoms with E-state index in [1.807, 2.05) is 58.2 Å². The second kappa shape index (κ2) is 12.9. The highest BCUT2D eigenvalue weighted by atomic mass is 79.9. The molecule has 0 radical (unpaired) electrons. The lowest BCUT2D eigenvalue weighted by molar-refractivity contribution is -0.147. The Morgan fingerprint density at radius 3 is 2.44 bits per heavy atom. The average molecular weight is 640 g/mol. The summed E-state index contributed by atoms with van der Waals surface area (Å²) >= 11 is 3.59. The van der Waals surface area contributed by atoms with Crippen molar-refractivity contribution in [2.45, 2.75) is 57.6 Å². The Kier molecular flexibility index (Phi) is 9.52. The van der Waals surface area contributed by atoms with Crippen LogP contribution in [0.5, 0.6) is 0 Å². The van der Waals surface area contributed by atoms with Gasteiger partial charge in [-0.25, -0.2) is 4.98 Å². The number of hydrogen-bond donors (Lipinski definition) is 1. The molecule has 2 aromatic carbocycles. The van der Waals surface area contributed by atoms with E-state index in [1.54, 1.807) is 18.3 Å². The van der Waals surface area contributed by atoms with Gasteiger partial charge in [0.1, 0.15) is 11.9 Å². The molecule has 0 spiro atoms. The molecule has 0 unspecified atom stereocenters. The molecule has 41 heavy (non-hydrogen) atoms. The molecule has 0 bridgehead atoms. The summed E-state index contributed by atoms with van der Waals surface area (Å²) in [6.07, 6.45) is 4.26. The highest BCUT2D eigenvalue weighted by molar-refractivity contribution is 9.10. The maximum Gasteiger partial charge on any atom is 0.306 e. The van der Waals surface area contributed by atoms with E-state index in [4.69, 9.17) is 14.3 Å². The monoisotopic (exact) mass is 638 g/mol. The van der Waals surface area contributed by atoms with E-state index >= 15 is 0 Å². The van der Waals surface area contributed by atoms with Gasteiger partial charge in [0.05, 0.1) is 28.1 Å². The van der Waals surface area contributed by atoms with Gasteiger partial charge in [-0.1, -0.05) is 39.7 Å². The van der Waals surface area contributed by atoms with Crippen molar-refractivity contribution in [3.63, 3.8) is 0 Å². The lowest BCUT2D eigenvalue weighted by atomic mass is 10.0. The number of halogens is 1. The van der Waals surface area contributed by atoms with E-state index in [0.717, 1.165) is 44.2 Å². The summed E-state index contributed by atoms with van der Waals surface area (Å²) in [5.74, 6) is 0.596. The Bertz CT molecular complexity index is 1670. The van der Waals surface area contributed by atoms with E-state index in [9.17, 15) is 13.2 Å². The van der Waals surface area contributed by atoms with Crippen LogP contribution in [-0.2, 0) is 19.6 Å². The van der Waals surface area contributed by atoms with Gasteiger partial charge in [0, 0.05) is 34.5 Å². The molecule has 2 aromatic heterocycles. The molecule has 4 aromatic rings. The molecule has 3 heterocycles. The smallest absolute Gasteiger partial charge is 0.306 e. The molecular formula is C30H31BrN4O5S. The van der Waals surface area contributed by atoms with Crippen LogP contribution in [0, 0.1) is 13.8 Å². The molecule has 0 aliphatic carbocycles. The SMILES string of the molecule is Cc1ccc(S(=O)(=O)O)cc1.Cc1cnc2n1-c1ccc(Br)cc1C(c1ccccn1)=N[C@H]2CCC(=O)OC(C)C. The van der Waals surface area contributed by atoms with Gasteiger partial charge in [0.2, 0.25) is 0 Å². The number of nitrogens with zero attached hydrogens (tertiary/aromatic N) is 4. The van der Waals surface area contributed by atoms with Crippen LogP contribution >= 0.6 is 15.9 Å². The highest BCUT2D eigenvalue weighted by Gasteiger charge is 2.28. The molecule has 0 saturated carbocycles. The molecule has 1 N–H and O–H groups in total. The number of aliphatic imine (C=N–C) groups is 1. The molecule has 11 heteroatoms. The van der Waals surface area contributed by atoms with Crippen LogP contribution < -0.4 is 0 Å². The number of esters is 1. The molecule has 1 aliphatic heterocycles. The summed E-state index contributed by atoms with van der Waals surface area (Å²) in [5.41, 5.74) is 5.52. The molecule has 5 rings (SSSR count). The van der Waals surface area contributed by atoms with Gasteiger partial charge in [0.25, 0.3) is 10.1 Å². The molecule has 0 amide bonds. The predicted octanol–water partition coefficient (Wildman–Crippen LogP) is 6.20. The molecule has 1 aliphatic rings. The number of aryl methyl sites for hydroxylation is 2. The highest BCUT2D eigenvalue weighted by Crippen LogP contribution is 2.34. The van der Waals surface area contributed by atoms with Crippen LogP contribution in [0.4, 0.5) is 0 Å². The summed E-state index contributed by atoms with van der Waals surface area (Å²) in [7, 11) is -4.02.